The molecule has 1 heterocycles. The number of ketones is 1. The number of ether oxygens (including phenoxy) is 1. The molecule has 0 aliphatic carbocycles. The molecule has 3 rings (SSSR count). The van der Waals surface area contributed by atoms with Crippen molar-refractivity contribution in [1.29, 1.82) is 5.26 Å². The summed E-state index contributed by atoms with van der Waals surface area (Å²) in [6.07, 6.45) is 0.206. The third-order valence-corrected chi connectivity index (χ3v) is 4.65. The van der Waals surface area contributed by atoms with Gasteiger partial charge in [0.05, 0.1) is 23.4 Å². The molecule has 23 heavy (non-hydrogen) atoms. The van der Waals surface area contributed by atoms with Gasteiger partial charge in [0, 0.05) is 6.42 Å². The standard InChI is InChI=1S/C18H14N2O2S/c1-22-13-8-6-12(7-9-13)10-16(21)14(11-19)18-20-15-4-2-3-5-17(15)23-18/h2-9,14H,10H2,1H3/t14-/m1/s1. The zero-order valence-corrected chi connectivity index (χ0v) is 13.3. The van der Waals surface area contributed by atoms with Crippen molar-refractivity contribution >= 4 is 27.3 Å². The minimum atomic E-state index is -0.825. The highest BCUT2D eigenvalue weighted by Crippen LogP contribution is 2.28. The van der Waals surface area contributed by atoms with Crippen molar-refractivity contribution in [3.05, 3.63) is 59.1 Å². The Morgan fingerprint density at radius 1 is 1.26 bits per heavy atom. The first-order chi connectivity index (χ1) is 11.2. The van der Waals surface area contributed by atoms with Gasteiger partial charge in [0.25, 0.3) is 0 Å². The molecule has 0 unspecified atom stereocenters. The number of nitriles is 1. The number of nitrogens with zero attached hydrogens (tertiary/aromatic N) is 2. The Labute approximate surface area is 138 Å². The van der Waals surface area contributed by atoms with Gasteiger partial charge in [0.2, 0.25) is 0 Å². The van der Waals surface area contributed by atoms with Gasteiger partial charge in [-0.1, -0.05) is 24.3 Å². The van der Waals surface area contributed by atoms with E-state index >= 15 is 0 Å². The molecule has 0 radical (unpaired) electrons. The van der Waals surface area contributed by atoms with E-state index in [2.05, 4.69) is 11.1 Å². The number of fused-ring (bicyclic) bond motifs is 1. The number of Topliss-reactive ketones (excluding diaryl/α,β-unsaturated/α-hetero) is 1. The van der Waals surface area contributed by atoms with Crippen LogP contribution in [0, 0.1) is 11.3 Å². The van der Waals surface area contributed by atoms with E-state index in [1.54, 1.807) is 7.11 Å². The fraction of sp³-hybridized carbons (Fsp3) is 0.167. The maximum Gasteiger partial charge on any atom is 0.161 e. The Morgan fingerprint density at radius 2 is 2.00 bits per heavy atom. The number of para-hydroxylation sites is 1. The van der Waals surface area contributed by atoms with Gasteiger partial charge in [-0.3, -0.25) is 4.79 Å². The summed E-state index contributed by atoms with van der Waals surface area (Å²) in [6, 6.07) is 17.0. The minimum absolute atomic E-state index is 0.142. The molecule has 0 saturated heterocycles. The summed E-state index contributed by atoms with van der Waals surface area (Å²) >= 11 is 1.40. The molecule has 0 fully saturated rings. The zero-order chi connectivity index (χ0) is 16.2. The van der Waals surface area contributed by atoms with Crippen LogP contribution in [0.4, 0.5) is 0 Å². The summed E-state index contributed by atoms with van der Waals surface area (Å²) in [6.45, 7) is 0. The highest BCUT2D eigenvalue weighted by atomic mass is 32.1. The normalized spacial score (nSPS) is 11.8. The van der Waals surface area contributed by atoms with Crippen molar-refractivity contribution < 1.29 is 9.53 Å². The molecule has 0 amide bonds. The number of methoxy groups -OCH3 is 1. The van der Waals surface area contributed by atoms with Crippen LogP contribution >= 0.6 is 11.3 Å². The van der Waals surface area contributed by atoms with E-state index in [0.717, 1.165) is 21.5 Å². The number of hydrogen-bond donors (Lipinski definition) is 0. The molecule has 4 nitrogen and oxygen atoms in total. The smallest absolute Gasteiger partial charge is 0.161 e. The number of aromatic nitrogens is 1. The largest absolute Gasteiger partial charge is 0.497 e. The molecule has 0 N–H and O–H groups in total. The Morgan fingerprint density at radius 3 is 2.65 bits per heavy atom. The molecular weight excluding hydrogens is 308 g/mol. The second-order valence-corrected chi connectivity index (χ2v) is 6.14. The molecule has 5 heteroatoms. The Kier molecular flexibility index (Phi) is 4.35. The summed E-state index contributed by atoms with van der Waals surface area (Å²) in [5, 5.41) is 9.97. The van der Waals surface area contributed by atoms with E-state index in [1.807, 2.05) is 48.5 Å². The lowest BCUT2D eigenvalue weighted by atomic mass is 9.99. The molecule has 1 atom stereocenters. The van der Waals surface area contributed by atoms with Crippen LogP contribution in [0.25, 0.3) is 10.2 Å². The summed E-state index contributed by atoms with van der Waals surface area (Å²) in [4.78, 5) is 16.9. The average Bonchev–Trinajstić information content (AvgIpc) is 2.99. The number of benzene rings is 2. The highest BCUT2D eigenvalue weighted by molar-refractivity contribution is 7.18. The maximum absolute atomic E-state index is 12.5. The third kappa shape index (κ3) is 3.22. The van der Waals surface area contributed by atoms with Crippen molar-refractivity contribution in [1.82, 2.24) is 4.98 Å². The second kappa shape index (κ2) is 6.59. The maximum atomic E-state index is 12.5. The van der Waals surface area contributed by atoms with E-state index < -0.39 is 5.92 Å². The van der Waals surface area contributed by atoms with Crippen LogP contribution in [0.2, 0.25) is 0 Å². The van der Waals surface area contributed by atoms with Crippen LogP contribution in [-0.2, 0) is 11.2 Å². The van der Waals surface area contributed by atoms with Crippen molar-refractivity contribution in [3.8, 4) is 11.8 Å². The van der Waals surface area contributed by atoms with Crippen molar-refractivity contribution in [2.24, 2.45) is 0 Å². The van der Waals surface area contributed by atoms with E-state index in [4.69, 9.17) is 4.74 Å². The summed E-state index contributed by atoms with van der Waals surface area (Å²) in [5.41, 5.74) is 1.68. The van der Waals surface area contributed by atoms with Crippen LogP contribution in [0.1, 0.15) is 16.5 Å². The lowest BCUT2D eigenvalue weighted by Gasteiger charge is -2.06. The SMILES string of the molecule is COc1ccc(CC(=O)[C@@H](C#N)c2nc3ccccc3s2)cc1. The van der Waals surface area contributed by atoms with Crippen LogP contribution in [-0.4, -0.2) is 17.9 Å². The van der Waals surface area contributed by atoms with E-state index in [0.29, 0.717) is 5.01 Å². The molecule has 0 aliphatic rings. The Hall–Kier alpha value is -2.71. The predicted molar refractivity (Wildman–Crippen MR) is 89.7 cm³/mol. The van der Waals surface area contributed by atoms with Gasteiger partial charge in [0.15, 0.2) is 11.7 Å². The molecule has 0 saturated carbocycles. The van der Waals surface area contributed by atoms with E-state index in [1.165, 1.54) is 11.3 Å². The zero-order valence-electron chi connectivity index (χ0n) is 12.5. The van der Waals surface area contributed by atoms with Gasteiger partial charge in [0.1, 0.15) is 10.8 Å². The fourth-order valence-corrected chi connectivity index (χ4v) is 3.36. The predicted octanol–water partition coefficient (Wildman–Crippen LogP) is 3.72. The summed E-state index contributed by atoms with van der Waals surface area (Å²) in [7, 11) is 1.60. The topological polar surface area (TPSA) is 63.0 Å². The first kappa shape index (κ1) is 15.2. The number of carbonyl (C=O) groups excluding carboxylic acids is 1. The van der Waals surface area contributed by atoms with Gasteiger partial charge >= 0.3 is 0 Å². The van der Waals surface area contributed by atoms with Gasteiger partial charge in [-0.25, -0.2) is 4.98 Å². The number of thiazole rings is 1. The number of hydrogen-bond acceptors (Lipinski definition) is 5. The molecule has 1 aromatic heterocycles. The molecule has 2 aromatic carbocycles. The van der Waals surface area contributed by atoms with Crippen LogP contribution < -0.4 is 4.74 Å². The Bertz CT molecular complexity index is 845. The lowest BCUT2D eigenvalue weighted by Crippen LogP contribution is -2.13. The molecular formula is C18H14N2O2S. The van der Waals surface area contributed by atoms with Crippen LogP contribution in [0.3, 0.4) is 0 Å². The molecule has 0 spiro atoms. The van der Waals surface area contributed by atoms with Crippen molar-refractivity contribution in [3.63, 3.8) is 0 Å². The van der Waals surface area contributed by atoms with E-state index in [-0.39, 0.29) is 12.2 Å². The molecule has 0 aliphatic heterocycles. The van der Waals surface area contributed by atoms with Gasteiger partial charge < -0.3 is 4.74 Å². The first-order valence-electron chi connectivity index (χ1n) is 7.12. The monoisotopic (exact) mass is 322 g/mol. The minimum Gasteiger partial charge on any atom is -0.497 e. The number of carbonyl (C=O) groups is 1. The number of rotatable bonds is 5. The van der Waals surface area contributed by atoms with E-state index in [9.17, 15) is 10.1 Å². The highest BCUT2D eigenvalue weighted by Gasteiger charge is 2.24. The summed E-state index contributed by atoms with van der Waals surface area (Å²) in [5.74, 6) is -0.226. The van der Waals surface area contributed by atoms with Gasteiger partial charge in [-0.15, -0.1) is 11.3 Å². The van der Waals surface area contributed by atoms with Crippen LogP contribution in [0.15, 0.2) is 48.5 Å². The second-order valence-electron chi connectivity index (χ2n) is 5.07. The summed E-state index contributed by atoms with van der Waals surface area (Å²) < 4.78 is 6.09. The molecule has 0 bridgehead atoms. The first-order valence-corrected chi connectivity index (χ1v) is 7.93. The Balaban J connectivity index is 1.82. The fourth-order valence-electron chi connectivity index (χ4n) is 2.33. The van der Waals surface area contributed by atoms with Crippen LogP contribution in [0.5, 0.6) is 5.75 Å². The molecule has 114 valence electrons. The van der Waals surface area contributed by atoms with Crippen molar-refractivity contribution in [2.45, 2.75) is 12.3 Å². The molecule has 3 aromatic rings. The van der Waals surface area contributed by atoms with Crippen molar-refractivity contribution in [2.75, 3.05) is 7.11 Å². The quantitative estimate of drug-likeness (QED) is 0.718. The average molecular weight is 322 g/mol. The lowest BCUT2D eigenvalue weighted by molar-refractivity contribution is -0.118. The van der Waals surface area contributed by atoms with Gasteiger partial charge in [-0.05, 0) is 29.8 Å². The van der Waals surface area contributed by atoms with Gasteiger partial charge in [-0.2, -0.15) is 5.26 Å². The third-order valence-electron chi connectivity index (χ3n) is 3.55.